The number of amides is 1. The molecule has 7 heteroatoms. The van der Waals surface area contributed by atoms with E-state index in [0.29, 0.717) is 17.6 Å². The third-order valence-corrected chi connectivity index (χ3v) is 4.70. The lowest BCUT2D eigenvalue weighted by atomic mass is 9.98. The van der Waals surface area contributed by atoms with E-state index in [1.807, 2.05) is 26.8 Å². The predicted molar refractivity (Wildman–Crippen MR) is 96.0 cm³/mol. The van der Waals surface area contributed by atoms with E-state index < -0.39 is 5.60 Å². The van der Waals surface area contributed by atoms with Crippen LogP contribution < -0.4 is 5.32 Å². The number of nitrogens with zero attached hydrogens (tertiary/aromatic N) is 2. The van der Waals surface area contributed by atoms with Gasteiger partial charge in [0, 0.05) is 19.6 Å². The van der Waals surface area contributed by atoms with Crippen LogP contribution in [0.4, 0.5) is 10.5 Å². The molecule has 2 heterocycles. The van der Waals surface area contributed by atoms with Crippen LogP contribution in [-0.2, 0) is 4.74 Å². The van der Waals surface area contributed by atoms with Gasteiger partial charge in [-0.1, -0.05) is 11.6 Å². The van der Waals surface area contributed by atoms with Crippen molar-refractivity contribution in [2.24, 2.45) is 5.92 Å². The number of carbonyl (C=O) groups excluding carboxylic acids is 1. The van der Waals surface area contributed by atoms with Crippen LogP contribution in [0.3, 0.4) is 0 Å². The molecule has 1 aromatic rings. The lowest BCUT2D eigenvalue weighted by molar-refractivity contribution is 0.0172. The summed E-state index contributed by atoms with van der Waals surface area (Å²) >= 11 is 9.26. The standard InChI is InChI=1S/C16H23BrClN3O2/c1-16(2,3)23-15(22)21-6-4-5-11(10-21)8-19-12-7-13(17)14(18)20-9-12/h7,9,11,19H,4-6,8,10H2,1-3H3. The predicted octanol–water partition coefficient (Wildman–Crippen LogP) is 4.56. The SMILES string of the molecule is CC(C)(C)OC(=O)N1CCCC(CNc2cnc(Cl)c(Br)c2)C1. The minimum atomic E-state index is -0.455. The minimum absolute atomic E-state index is 0.224. The smallest absolute Gasteiger partial charge is 0.410 e. The molecule has 1 amide bonds. The maximum atomic E-state index is 12.2. The Morgan fingerprint density at radius 1 is 1.57 bits per heavy atom. The van der Waals surface area contributed by atoms with E-state index in [4.69, 9.17) is 16.3 Å². The quantitative estimate of drug-likeness (QED) is 0.751. The van der Waals surface area contributed by atoms with E-state index in [-0.39, 0.29) is 6.09 Å². The second-order valence-corrected chi connectivity index (χ2v) is 8.02. The van der Waals surface area contributed by atoms with Gasteiger partial charge in [-0.15, -0.1) is 0 Å². The van der Waals surface area contributed by atoms with Crippen LogP contribution in [-0.4, -0.2) is 41.2 Å². The highest BCUT2D eigenvalue weighted by molar-refractivity contribution is 9.10. The van der Waals surface area contributed by atoms with Crippen LogP contribution in [0.25, 0.3) is 0 Å². The first kappa shape index (κ1) is 18.3. The molecular weight excluding hydrogens is 382 g/mol. The Morgan fingerprint density at radius 3 is 2.96 bits per heavy atom. The number of halogens is 2. The van der Waals surface area contributed by atoms with Crippen molar-refractivity contribution in [2.45, 2.75) is 39.2 Å². The number of hydrogen-bond acceptors (Lipinski definition) is 4. The first-order chi connectivity index (χ1) is 10.7. The zero-order chi connectivity index (χ0) is 17.0. The van der Waals surface area contributed by atoms with Gasteiger partial charge in [-0.2, -0.15) is 0 Å². The number of carbonyl (C=O) groups is 1. The topological polar surface area (TPSA) is 54.5 Å². The van der Waals surface area contributed by atoms with Crippen LogP contribution in [0.1, 0.15) is 33.6 Å². The largest absolute Gasteiger partial charge is 0.444 e. The van der Waals surface area contributed by atoms with Crippen molar-refractivity contribution in [2.75, 3.05) is 25.0 Å². The third kappa shape index (κ3) is 5.84. The lowest BCUT2D eigenvalue weighted by Gasteiger charge is -2.34. The first-order valence-electron chi connectivity index (χ1n) is 7.77. The Bertz CT molecular complexity index is 563. The van der Waals surface area contributed by atoms with E-state index in [2.05, 4.69) is 26.2 Å². The van der Waals surface area contributed by atoms with E-state index in [9.17, 15) is 4.79 Å². The molecule has 1 aliphatic rings. The van der Waals surface area contributed by atoms with Crippen molar-refractivity contribution in [3.63, 3.8) is 0 Å². The number of piperidine rings is 1. The Kier molecular flexibility index (Phi) is 6.14. The number of hydrogen-bond donors (Lipinski definition) is 1. The van der Waals surface area contributed by atoms with Crippen LogP contribution >= 0.6 is 27.5 Å². The first-order valence-corrected chi connectivity index (χ1v) is 8.94. The van der Waals surface area contributed by atoms with Crippen LogP contribution in [0.5, 0.6) is 0 Å². The minimum Gasteiger partial charge on any atom is -0.444 e. The summed E-state index contributed by atoms with van der Waals surface area (Å²) in [7, 11) is 0. The molecule has 0 aliphatic carbocycles. The normalized spacial score (nSPS) is 18.7. The van der Waals surface area contributed by atoms with Gasteiger partial charge in [0.25, 0.3) is 0 Å². The molecule has 2 rings (SSSR count). The Morgan fingerprint density at radius 2 is 2.30 bits per heavy atom. The fraction of sp³-hybridized carbons (Fsp3) is 0.625. The molecule has 1 saturated heterocycles. The summed E-state index contributed by atoms with van der Waals surface area (Å²) in [6, 6.07) is 1.91. The number of pyridine rings is 1. The van der Waals surface area contributed by atoms with Gasteiger partial charge in [-0.3, -0.25) is 0 Å². The molecule has 23 heavy (non-hydrogen) atoms. The van der Waals surface area contributed by atoms with Crippen molar-refractivity contribution < 1.29 is 9.53 Å². The van der Waals surface area contributed by atoms with E-state index in [1.165, 1.54) is 0 Å². The van der Waals surface area contributed by atoms with E-state index in [1.54, 1.807) is 11.1 Å². The average molecular weight is 405 g/mol. The number of aromatic nitrogens is 1. The molecule has 0 aromatic carbocycles. The fourth-order valence-electron chi connectivity index (χ4n) is 2.50. The third-order valence-electron chi connectivity index (χ3n) is 3.56. The summed E-state index contributed by atoms with van der Waals surface area (Å²) in [4.78, 5) is 18.1. The highest BCUT2D eigenvalue weighted by atomic mass is 79.9. The maximum absolute atomic E-state index is 12.2. The zero-order valence-corrected chi connectivity index (χ0v) is 16.1. The molecular formula is C16H23BrClN3O2. The number of nitrogens with one attached hydrogen (secondary N) is 1. The Balaban J connectivity index is 1.86. The molecule has 1 fully saturated rings. The molecule has 0 bridgehead atoms. The average Bonchev–Trinajstić information content (AvgIpc) is 2.47. The summed E-state index contributed by atoms with van der Waals surface area (Å²) < 4.78 is 6.22. The molecule has 1 N–H and O–H groups in total. The molecule has 5 nitrogen and oxygen atoms in total. The number of likely N-dealkylation sites (tertiary alicyclic amines) is 1. The van der Waals surface area contributed by atoms with Gasteiger partial charge >= 0.3 is 6.09 Å². The van der Waals surface area contributed by atoms with Crippen molar-refractivity contribution in [1.29, 1.82) is 0 Å². The fourth-order valence-corrected chi connectivity index (χ4v) is 2.96. The molecule has 1 aromatic heterocycles. The molecule has 128 valence electrons. The highest BCUT2D eigenvalue weighted by Gasteiger charge is 2.27. The van der Waals surface area contributed by atoms with E-state index in [0.717, 1.165) is 36.1 Å². The second kappa shape index (κ2) is 7.71. The molecule has 1 aliphatic heterocycles. The molecule has 1 unspecified atom stereocenters. The van der Waals surface area contributed by atoms with Crippen LogP contribution in [0.2, 0.25) is 5.15 Å². The van der Waals surface area contributed by atoms with E-state index >= 15 is 0 Å². The summed E-state index contributed by atoms with van der Waals surface area (Å²) in [6.45, 7) is 7.93. The van der Waals surface area contributed by atoms with Crippen LogP contribution in [0, 0.1) is 5.92 Å². The Labute approximate surface area is 150 Å². The van der Waals surface area contributed by atoms with Gasteiger partial charge in [0.2, 0.25) is 0 Å². The molecule has 0 radical (unpaired) electrons. The molecule has 0 saturated carbocycles. The van der Waals surface area contributed by atoms with Gasteiger partial charge < -0.3 is 15.0 Å². The summed E-state index contributed by atoms with van der Waals surface area (Å²) in [5.74, 6) is 0.394. The number of anilines is 1. The van der Waals surface area contributed by atoms with Gasteiger partial charge in [0.15, 0.2) is 0 Å². The summed E-state index contributed by atoms with van der Waals surface area (Å²) in [5, 5.41) is 3.81. The zero-order valence-electron chi connectivity index (χ0n) is 13.7. The summed E-state index contributed by atoms with van der Waals surface area (Å²) in [6.07, 6.45) is 3.57. The number of rotatable bonds is 3. The van der Waals surface area contributed by atoms with Crippen molar-refractivity contribution in [3.8, 4) is 0 Å². The highest BCUT2D eigenvalue weighted by Crippen LogP contribution is 2.24. The number of ether oxygens (including phenoxy) is 1. The monoisotopic (exact) mass is 403 g/mol. The van der Waals surface area contributed by atoms with Crippen LogP contribution in [0.15, 0.2) is 16.7 Å². The van der Waals surface area contributed by atoms with Crippen molar-refractivity contribution in [3.05, 3.63) is 21.9 Å². The van der Waals surface area contributed by atoms with Crippen molar-refractivity contribution >= 4 is 39.3 Å². The van der Waals surface area contributed by atoms with Gasteiger partial charge in [-0.25, -0.2) is 9.78 Å². The maximum Gasteiger partial charge on any atom is 0.410 e. The lowest BCUT2D eigenvalue weighted by Crippen LogP contribution is -2.44. The van der Waals surface area contributed by atoms with Gasteiger partial charge in [0.05, 0.1) is 16.4 Å². The molecule has 0 spiro atoms. The van der Waals surface area contributed by atoms with Crippen molar-refractivity contribution in [1.82, 2.24) is 9.88 Å². The molecule has 1 atom stereocenters. The second-order valence-electron chi connectivity index (χ2n) is 6.81. The summed E-state index contributed by atoms with van der Waals surface area (Å²) in [5.41, 5.74) is 0.458. The Hall–Kier alpha value is -1.01. The van der Waals surface area contributed by atoms with Gasteiger partial charge in [-0.05, 0) is 61.5 Å². The van der Waals surface area contributed by atoms with Gasteiger partial charge in [0.1, 0.15) is 10.8 Å².